The molecule has 2 atom stereocenters. The number of para-hydroxylation sites is 1. The lowest BCUT2D eigenvalue weighted by atomic mass is 9.76. The molecule has 0 aliphatic carbocycles. The van der Waals surface area contributed by atoms with E-state index >= 15 is 0 Å². The molecule has 1 spiro atoms. The number of hydrogen-bond acceptors (Lipinski definition) is 6. The quantitative estimate of drug-likeness (QED) is 0.498. The number of aliphatic hydroxyl groups excluding tert-OH is 1. The van der Waals surface area contributed by atoms with Gasteiger partial charge in [-0.1, -0.05) is 12.1 Å². The van der Waals surface area contributed by atoms with Gasteiger partial charge in [-0.05, 0) is 29.8 Å². The van der Waals surface area contributed by atoms with Gasteiger partial charge in [-0.3, -0.25) is 0 Å². The third-order valence-electron chi connectivity index (χ3n) is 6.52. The summed E-state index contributed by atoms with van der Waals surface area (Å²) >= 11 is 0. The lowest BCUT2D eigenvalue weighted by Gasteiger charge is -2.31. The van der Waals surface area contributed by atoms with Crippen LogP contribution in [0.3, 0.4) is 0 Å². The van der Waals surface area contributed by atoms with Crippen LogP contribution in [0.5, 0.6) is 17.2 Å². The van der Waals surface area contributed by atoms with Gasteiger partial charge in [-0.25, -0.2) is 0 Å². The Labute approximate surface area is 193 Å². The Morgan fingerprint density at radius 3 is 2.31 bits per heavy atom. The van der Waals surface area contributed by atoms with Gasteiger partial charge in [-0.15, -0.1) is 0 Å². The number of rotatable bonds is 2. The van der Waals surface area contributed by atoms with Crippen LogP contribution in [0.4, 0.5) is 32.0 Å². The molecule has 3 aliphatic heterocycles. The van der Waals surface area contributed by atoms with Gasteiger partial charge in [0.15, 0.2) is 11.5 Å². The zero-order valence-electron chi connectivity index (χ0n) is 17.5. The number of fused-ring (bicyclic) bond motifs is 5. The molecule has 2 unspecified atom stereocenters. The summed E-state index contributed by atoms with van der Waals surface area (Å²) in [6.07, 6.45) is -11.2. The SMILES string of the molecule is OC1N(Cc2ccc(C(F)(F)F)o2)c2c(C(F)(F)F)cccc2C12COc1cc3c(cc12)OCO3. The van der Waals surface area contributed by atoms with E-state index < -0.39 is 41.9 Å². The van der Waals surface area contributed by atoms with Crippen molar-refractivity contribution in [3.8, 4) is 17.2 Å². The van der Waals surface area contributed by atoms with Gasteiger partial charge in [0.2, 0.25) is 12.6 Å². The molecule has 3 aromatic rings. The molecule has 184 valence electrons. The van der Waals surface area contributed by atoms with E-state index in [9.17, 15) is 31.4 Å². The molecule has 0 saturated carbocycles. The summed E-state index contributed by atoms with van der Waals surface area (Å²) in [5, 5.41) is 11.5. The second-order valence-electron chi connectivity index (χ2n) is 8.43. The zero-order valence-corrected chi connectivity index (χ0v) is 17.5. The molecule has 0 fully saturated rings. The molecule has 3 aliphatic rings. The molecular weight excluding hydrogens is 484 g/mol. The number of nitrogens with zero attached hydrogens (tertiary/aromatic N) is 1. The van der Waals surface area contributed by atoms with Crippen LogP contribution in [0.1, 0.15) is 28.2 Å². The Morgan fingerprint density at radius 1 is 0.886 bits per heavy atom. The van der Waals surface area contributed by atoms with Crippen LogP contribution in [-0.4, -0.2) is 24.7 Å². The maximum atomic E-state index is 14.0. The maximum absolute atomic E-state index is 14.0. The molecule has 6 nitrogen and oxygen atoms in total. The van der Waals surface area contributed by atoms with E-state index in [-0.39, 0.29) is 30.4 Å². The number of halogens is 6. The molecule has 0 bridgehead atoms. The predicted molar refractivity (Wildman–Crippen MR) is 106 cm³/mol. The highest BCUT2D eigenvalue weighted by molar-refractivity contribution is 5.74. The summed E-state index contributed by atoms with van der Waals surface area (Å²) in [4.78, 5) is 1.00. The van der Waals surface area contributed by atoms with Crippen LogP contribution in [0.25, 0.3) is 0 Å². The van der Waals surface area contributed by atoms with E-state index in [1.807, 2.05) is 0 Å². The molecule has 12 heteroatoms. The van der Waals surface area contributed by atoms with Gasteiger partial charge >= 0.3 is 12.4 Å². The molecule has 0 amide bonds. The summed E-state index contributed by atoms with van der Waals surface area (Å²) in [6, 6.07) is 8.33. The molecule has 0 saturated heterocycles. The highest BCUT2D eigenvalue weighted by Gasteiger charge is 2.59. The van der Waals surface area contributed by atoms with Crippen molar-refractivity contribution in [1.29, 1.82) is 0 Å². The van der Waals surface area contributed by atoms with E-state index in [0.717, 1.165) is 17.0 Å². The van der Waals surface area contributed by atoms with Crippen LogP contribution in [0.2, 0.25) is 0 Å². The average molecular weight is 499 g/mol. The summed E-state index contributed by atoms with van der Waals surface area (Å²) in [7, 11) is 0. The average Bonchev–Trinajstić information content (AvgIpc) is 3.55. The van der Waals surface area contributed by atoms with Gasteiger partial charge < -0.3 is 28.6 Å². The van der Waals surface area contributed by atoms with Crippen LogP contribution < -0.4 is 19.1 Å². The van der Waals surface area contributed by atoms with Crippen molar-refractivity contribution >= 4 is 5.69 Å². The van der Waals surface area contributed by atoms with Gasteiger partial charge in [0, 0.05) is 11.6 Å². The third kappa shape index (κ3) is 3.08. The molecular formula is C23H15F6NO5. The van der Waals surface area contributed by atoms with Crippen LogP contribution in [0, 0.1) is 0 Å². The largest absolute Gasteiger partial charge is 0.492 e. The Hall–Kier alpha value is -3.54. The second-order valence-corrected chi connectivity index (χ2v) is 8.43. The van der Waals surface area contributed by atoms with Gasteiger partial charge in [0.05, 0.1) is 17.8 Å². The minimum Gasteiger partial charge on any atom is -0.492 e. The predicted octanol–water partition coefficient (Wildman–Crippen LogP) is 5.06. The highest BCUT2D eigenvalue weighted by Crippen LogP contribution is 2.59. The lowest BCUT2D eigenvalue weighted by molar-refractivity contribution is -0.153. The van der Waals surface area contributed by atoms with Crippen LogP contribution in [-0.2, 0) is 24.3 Å². The van der Waals surface area contributed by atoms with Crippen molar-refractivity contribution in [2.45, 2.75) is 30.5 Å². The van der Waals surface area contributed by atoms with Crippen molar-refractivity contribution in [3.05, 3.63) is 70.7 Å². The zero-order chi connectivity index (χ0) is 24.8. The van der Waals surface area contributed by atoms with E-state index in [0.29, 0.717) is 28.9 Å². The minimum atomic E-state index is -4.80. The topological polar surface area (TPSA) is 64.3 Å². The lowest BCUT2D eigenvalue weighted by Crippen LogP contribution is -2.46. The molecule has 35 heavy (non-hydrogen) atoms. The van der Waals surface area contributed by atoms with E-state index in [2.05, 4.69) is 0 Å². The van der Waals surface area contributed by atoms with Crippen molar-refractivity contribution in [1.82, 2.24) is 0 Å². The third-order valence-corrected chi connectivity index (χ3v) is 6.52. The first-order valence-corrected chi connectivity index (χ1v) is 10.4. The Balaban J connectivity index is 1.52. The standard InChI is InChI=1S/C23H15F6NO5/c24-22(25,26)13-3-1-2-12-19(13)30(8-11-4-5-18(35-11)23(27,28)29)20(31)21(12)9-32-15-7-17-16(6-14(15)21)33-10-34-17/h1-7,20,31H,8-10H2. The number of anilines is 1. The fraction of sp³-hybridized carbons (Fsp3) is 0.304. The van der Waals surface area contributed by atoms with Gasteiger partial charge in [-0.2, -0.15) is 26.3 Å². The summed E-state index contributed by atoms with van der Waals surface area (Å²) < 4.78 is 103. The Morgan fingerprint density at radius 2 is 1.63 bits per heavy atom. The second kappa shape index (κ2) is 7.00. The molecule has 6 rings (SSSR count). The first-order valence-electron chi connectivity index (χ1n) is 10.4. The van der Waals surface area contributed by atoms with Crippen molar-refractivity contribution in [2.75, 3.05) is 18.3 Å². The van der Waals surface area contributed by atoms with Crippen molar-refractivity contribution < 1.29 is 50.1 Å². The number of aliphatic hydroxyl groups is 1. The summed E-state index contributed by atoms with van der Waals surface area (Å²) in [6.45, 7) is -0.795. The smallest absolute Gasteiger partial charge is 0.449 e. The first-order chi connectivity index (χ1) is 16.5. The van der Waals surface area contributed by atoms with Gasteiger partial charge in [0.25, 0.3) is 0 Å². The highest BCUT2D eigenvalue weighted by atomic mass is 19.4. The van der Waals surface area contributed by atoms with Crippen molar-refractivity contribution in [3.63, 3.8) is 0 Å². The number of hydrogen-bond donors (Lipinski definition) is 1. The van der Waals surface area contributed by atoms with E-state index in [1.165, 1.54) is 18.2 Å². The fourth-order valence-corrected chi connectivity index (χ4v) is 5.01. The van der Waals surface area contributed by atoms with Crippen LogP contribution >= 0.6 is 0 Å². The van der Waals surface area contributed by atoms with E-state index in [1.54, 1.807) is 6.07 Å². The van der Waals surface area contributed by atoms with Gasteiger partial charge in [0.1, 0.15) is 29.8 Å². The summed E-state index contributed by atoms with van der Waals surface area (Å²) in [5.41, 5.74) is -2.35. The van der Waals surface area contributed by atoms with Crippen molar-refractivity contribution in [2.24, 2.45) is 0 Å². The number of furan rings is 1. The van der Waals surface area contributed by atoms with Crippen LogP contribution in [0.15, 0.2) is 46.9 Å². The van der Waals surface area contributed by atoms with E-state index in [4.69, 9.17) is 18.6 Å². The molecule has 2 aromatic carbocycles. The number of benzene rings is 2. The monoisotopic (exact) mass is 499 g/mol. The molecule has 4 heterocycles. The first kappa shape index (κ1) is 22.0. The number of ether oxygens (including phenoxy) is 3. The number of alkyl halides is 6. The molecule has 0 radical (unpaired) electrons. The summed E-state index contributed by atoms with van der Waals surface area (Å²) in [5.74, 6) is -0.516. The normalized spacial score (nSPS) is 22.5. The Bertz CT molecular complexity index is 1330. The Kier molecular flexibility index (Phi) is 4.39. The molecule has 1 aromatic heterocycles. The fourth-order valence-electron chi connectivity index (χ4n) is 5.01. The minimum absolute atomic E-state index is 0.0469. The maximum Gasteiger partial charge on any atom is 0.449 e. The molecule has 1 N–H and O–H groups in total.